The topological polar surface area (TPSA) is 92.9 Å². The second kappa shape index (κ2) is 6.27. The molecule has 0 fully saturated rings. The standard InChI is InChI=1S/C16H15N5O2/c1-10-5-3-4-6-12(10)18-15(22)13-7-8-17-16(19-13)20-14-9-11(2)23-21-14/h3-9H,1-2H3,(H,18,22)(H,17,19,20,21). The third-order valence-electron chi connectivity index (χ3n) is 3.15. The number of amides is 1. The van der Waals surface area contributed by atoms with Gasteiger partial charge in [-0.15, -0.1) is 0 Å². The zero-order chi connectivity index (χ0) is 16.2. The van der Waals surface area contributed by atoms with Gasteiger partial charge < -0.3 is 15.2 Å². The summed E-state index contributed by atoms with van der Waals surface area (Å²) in [6.45, 7) is 3.71. The number of carbonyl (C=O) groups is 1. The molecular formula is C16H15N5O2. The van der Waals surface area contributed by atoms with Crippen LogP contribution in [-0.4, -0.2) is 21.0 Å². The van der Waals surface area contributed by atoms with Crippen LogP contribution in [0.4, 0.5) is 17.5 Å². The Morgan fingerprint density at radius 1 is 1.17 bits per heavy atom. The van der Waals surface area contributed by atoms with E-state index in [0.717, 1.165) is 11.3 Å². The van der Waals surface area contributed by atoms with Crippen LogP contribution in [0.25, 0.3) is 0 Å². The van der Waals surface area contributed by atoms with Crippen molar-refractivity contribution in [1.29, 1.82) is 0 Å². The maximum absolute atomic E-state index is 12.3. The Balaban J connectivity index is 1.76. The van der Waals surface area contributed by atoms with E-state index in [1.165, 1.54) is 6.20 Å². The van der Waals surface area contributed by atoms with Crippen LogP contribution in [-0.2, 0) is 0 Å². The fourth-order valence-corrected chi connectivity index (χ4v) is 1.98. The quantitative estimate of drug-likeness (QED) is 0.769. The molecule has 116 valence electrons. The number of hydrogen-bond donors (Lipinski definition) is 2. The summed E-state index contributed by atoms with van der Waals surface area (Å²) in [6.07, 6.45) is 1.51. The second-order valence-electron chi connectivity index (χ2n) is 4.98. The number of para-hydroxylation sites is 1. The molecule has 7 heteroatoms. The number of nitrogens with one attached hydrogen (secondary N) is 2. The van der Waals surface area contributed by atoms with E-state index in [2.05, 4.69) is 25.8 Å². The number of rotatable bonds is 4. The Morgan fingerprint density at radius 3 is 2.74 bits per heavy atom. The van der Waals surface area contributed by atoms with Crippen LogP contribution in [0.2, 0.25) is 0 Å². The zero-order valence-electron chi connectivity index (χ0n) is 12.7. The van der Waals surface area contributed by atoms with Gasteiger partial charge in [0.15, 0.2) is 5.82 Å². The molecule has 0 aliphatic heterocycles. The minimum Gasteiger partial charge on any atom is -0.360 e. The van der Waals surface area contributed by atoms with Crippen LogP contribution >= 0.6 is 0 Å². The predicted molar refractivity (Wildman–Crippen MR) is 85.7 cm³/mol. The van der Waals surface area contributed by atoms with E-state index in [1.54, 1.807) is 19.1 Å². The molecule has 3 rings (SSSR count). The maximum atomic E-state index is 12.3. The van der Waals surface area contributed by atoms with Gasteiger partial charge in [-0.25, -0.2) is 9.97 Å². The van der Waals surface area contributed by atoms with Gasteiger partial charge >= 0.3 is 0 Å². The van der Waals surface area contributed by atoms with Crippen LogP contribution < -0.4 is 10.6 Å². The molecule has 2 aromatic heterocycles. The Kier molecular flexibility index (Phi) is 4.01. The second-order valence-corrected chi connectivity index (χ2v) is 4.98. The maximum Gasteiger partial charge on any atom is 0.274 e. The highest BCUT2D eigenvalue weighted by atomic mass is 16.5. The number of carbonyl (C=O) groups excluding carboxylic acids is 1. The molecule has 0 atom stereocenters. The molecule has 0 saturated carbocycles. The Labute approximate surface area is 132 Å². The van der Waals surface area contributed by atoms with E-state index >= 15 is 0 Å². The summed E-state index contributed by atoms with van der Waals surface area (Å²) < 4.78 is 4.96. The van der Waals surface area contributed by atoms with Gasteiger partial charge in [-0.1, -0.05) is 23.4 Å². The first-order valence-electron chi connectivity index (χ1n) is 7.02. The zero-order valence-corrected chi connectivity index (χ0v) is 12.7. The van der Waals surface area contributed by atoms with E-state index in [-0.39, 0.29) is 17.5 Å². The lowest BCUT2D eigenvalue weighted by Crippen LogP contribution is -2.15. The molecule has 3 aromatic rings. The van der Waals surface area contributed by atoms with Crippen molar-refractivity contribution in [2.75, 3.05) is 10.6 Å². The van der Waals surface area contributed by atoms with E-state index in [1.807, 2.05) is 31.2 Å². The molecular weight excluding hydrogens is 294 g/mol. The normalized spacial score (nSPS) is 10.3. The summed E-state index contributed by atoms with van der Waals surface area (Å²) in [6, 6.07) is 10.8. The van der Waals surface area contributed by atoms with E-state index in [4.69, 9.17) is 4.52 Å². The van der Waals surface area contributed by atoms with Crippen molar-refractivity contribution in [3.8, 4) is 0 Å². The van der Waals surface area contributed by atoms with Gasteiger partial charge in [-0.3, -0.25) is 4.79 Å². The molecule has 0 aliphatic rings. The van der Waals surface area contributed by atoms with E-state index in [0.29, 0.717) is 11.6 Å². The fraction of sp³-hybridized carbons (Fsp3) is 0.125. The number of aromatic nitrogens is 3. The lowest BCUT2D eigenvalue weighted by Gasteiger charge is -2.08. The molecule has 0 bridgehead atoms. The third kappa shape index (κ3) is 3.52. The molecule has 0 radical (unpaired) electrons. The summed E-state index contributed by atoms with van der Waals surface area (Å²) in [7, 11) is 0. The highest BCUT2D eigenvalue weighted by molar-refractivity contribution is 6.03. The van der Waals surface area contributed by atoms with E-state index in [9.17, 15) is 4.79 Å². The Morgan fingerprint density at radius 2 is 2.00 bits per heavy atom. The van der Waals surface area contributed by atoms with Gasteiger partial charge in [0, 0.05) is 18.0 Å². The van der Waals surface area contributed by atoms with Gasteiger partial charge in [-0.05, 0) is 31.5 Å². The van der Waals surface area contributed by atoms with Crippen molar-refractivity contribution in [2.45, 2.75) is 13.8 Å². The van der Waals surface area contributed by atoms with Crippen LogP contribution in [0.3, 0.4) is 0 Å². The Hall–Kier alpha value is -3.22. The summed E-state index contributed by atoms with van der Waals surface area (Å²) in [5.74, 6) is 1.12. The molecule has 1 amide bonds. The molecule has 0 aliphatic carbocycles. The predicted octanol–water partition coefficient (Wildman–Crippen LogP) is 3.08. The molecule has 2 heterocycles. The molecule has 1 aromatic carbocycles. The number of aryl methyl sites for hydroxylation is 2. The lowest BCUT2D eigenvalue weighted by atomic mass is 10.2. The lowest BCUT2D eigenvalue weighted by molar-refractivity contribution is 0.102. The van der Waals surface area contributed by atoms with Crippen molar-refractivity contribution in [1.82, 2.24) is 15.1 Å². The first-order chi connectivity index (χ1) is 11.1. The van der Waals surface area contributed by atoms with E-state index < -0.39 is 0 Å². The minimum absolute atomic E-state index is 0.256. The van der Waals surface area contributed by atoms with Crippen molar-refractivity contribution in [3.05, 3.63) is 59.6 Å². The summed E-state index contributed by atoms with van der Waals surface area (Å²) in [5, 5.41) is 9.52. The fourth-order valence-electron chi connectivity index (χ4n) is 1.98. The number of benzene rings is 1. The number of anilines is 3. The molecule has 7 nitrogen and oxygen atoms in total. The SMILES string of the molecule is Cc1cc(Nc2nccc(C(=O)Nc3ccccc3C)n2)no1. The molecule has 0 saturated heterocycles. The van der Waals surface area contributed by atoms with Crippen LogP contribution in [0.1, 0.15) is 21.8 Å². The number of nitrogens with zero attached hydrogens (tertiary/aromatic N) is 3. The van der Waals surface area contributed by atoms with Gasteiger partial charge in [-0.2, -0.15) is 0 Å². The average molecular weight is 309 g/mol. The van der Waals surface area contributed by atoms with Crippen molar-refractivity contribution < 1.29 is 9.32 Å². The van der Waals surface area contributed by atoms with Crippen molar-refractivity contribution in [2.24, 2.45) is 0 Å². The molecule has 2 N–H and O–H groups in total. The minimum atomic E-state index is -0.305. The van der Waals surface area contributed by atoms with Gasteiger partial charge in [0.05, 0.1) is 0 Å². The average Bonchev–Trinajstić information content (AvgIpc) is 2.95. The summed E-state index contributed by atoms with van der Waals surface area (Å²) in [5.41, 5.74) is 1.98. The van der Waals surface area contributed by atoms with Gasteiger partial charge in [0.1, 0.15) is 11.5 Å². The van der Waals surface area contributed by atoms with Crippen molar-refractivity contribution in [3.63, 3.8) is 0 Å². The largest absolute Gasteiger partial charge is 0.360 e. The van der Waals surface area contributed by atoms with Crippen molar-refractivity contribution >= 4 is 23.4 Å². The summed E-state index contributed by atoms with van der Waals surface area (Å²) >= 11 is 0. The monoisotopic (exact) mass is 309 g/mol. The van der Waals surface area contributed by atoms with Gasteiger partial charge in [0.25, 0.3) is 5.91 Å². The summed E-state index contributed by atoms with van der Waals surface area (Å²) in [4.78, 5) is 20.6. The smallest absolute Gasteiger partial charge is 0.274 e. The molecule has 0 spiro atoms. The number of hydrogen-bond acceptors (Lipinski definition) is 6. The first kappa shape index (κ1) is 14.7. The van der Waals surface area contributed by atoms with Gasteiger partial charge in [0.2, 0.25) is 5.95 Å². The molecule has 23 heavy (non-hydrogen) atoms. The van der Waals surface area contributed by atoms with Crippen LogP contribution in [0.15, 0.2) is 47.1 Å². The van der Waals surface area contributed by atoms with Crippen LogP contribution in [0.5, 0.6) is 0 Å². The highest BCUT2D eigenvalue weighted by Crippen LogP contribution is 2.15. The Bertz CT molecular complexity index is 844. The third-order valence-corrected chi connectivity index (χ3v) is 3.15. The highest BCUT2D eigenvalue weighted by Gasteiger charge is 2.11. The van der Waals surface area contributed by atoms with Crippen LogP contribution in [0, 0.1) is 13.8 Å². The molecule has 0 unspecified atom stereocenters. The first-order valence-corrected chi connectivity index (χ1v) is 7.02.